The maximum atomic E-state index is 15.0. The molecule has 1 aromatic carbocycles. The molecular weight excluding hydrogens is 498 g/mol. The van der Waals surface area contributed by atoms with Gasteiger partial charge in [-0.2, -0.15) is 10.4 Å². The van der Waals surface area contributed by atoms with E-state index in [1.807, 2.05) is 34.8 Å². The van der Waals surface area contributed by atoms with Crippen molar-refractivity contribution in [3.8, 4) is 23.0 Å². The lowest BCUT2D eigenvalue weighted by Crippen LogP contribution is -2.84. The number of benzene rings is 1. The molecule has 8 nitrogen and oxygen atoms in total. The number of halogens is 1. The number of carbonyl (C=O) groups excluding carboxylic acids is 1. The maximum Gasteiger partial charge on any atom is 0.255 e. The van der Waals surface area contributed by atoms with Crippen LogP contribution in [0.3, 0.4) is 0 Å². The van der Waals surface area contributed by atoms with Crippen molar-refractivity contribution < 1.29 is 14.3 Å². The molecule has 0 unspecified atom stereocenters. The maximum absolute atomic E-state index is 15.0. The van der Waals surface area contributed by atoms with E-state index in [9.17, 15) is 19.6 Å². The first kappa shape index (κ1) is 28.3. The van der Waals surface area contributed by atoms with Crippen molar-refractivity contribution in [1.82, 2.24) is 20.1 Å². The summed E-state index contributed by atoms with van der Waals surface area (Å²) in [7, 11) is 17.0. The van der Waals surface area contributed by atoms with Crippen molar-refractivity contribution in [1.29, 1.82) is 5.26 Å². The Bertz CT molecular complexity index is 1590. The third kappa shape index (κ3) is 3.47. The smallest absolute Gasteiger partial charge is 0.255 e. The molecule has 4 heterocycles. The largest absolute Gasteiger partial charge is 0.390 e. The Labute approximate surface area is 241 Å². The van der Waals surface area contributed by atoms with Crippen molar-refractivity contribution in [2.75, 3.05) is 4.90 Å². The quantitative estimate of drug-likeness (QED) is 0.330. The number of carbonyl (C=O) groups is 1. The average Bonchev–Trinajstić information content (AvgIpc) is 3.49. The van der Waals surface area contributed by atoms with Crippen LogP contribution in [0.4, 0.5) is 10.2 Å². The van der Waals surface area contributed by atoms with Crippen molar-refractivity contribution in [3.63, 3.8) is 0 Å². The van der Waals surface area contributed by atoms with Gasteiger partial charge in [-0.3, -0.25) is 4.79 Å². The Morgan fingerprint density at radius 3 is 2.38 bits per heavy atom. The van der Waals surface area contributed by atoms with E-state index in [0.717, 1.165) is 0 Å². The van der Waals surface area contributed by atoms with Crippen LogP contribution >= 0.6 is 0 Å². The van der Waals surface area contributed by atoms with Gasteiger partial charge in [0.05, 0.1) is 67.7 Å². The number of hydrogen-bond acceptors (Lipinski definition) is 6. The molecule has 2 aliphatic rings. The van der Waals surface area contributed by atoms with Gasteiger partial charge in [0.1, 0.15) is 58.7 Å². The van der Waals surface area contributed by atoms with Crippen molar-refractivity contribution in [3.05, 3.63) is 59.2 Å². The van der Waals surface area contributed by atoms with Crippen LogP contribution in [0.5, 0.6) is 0 Å². The van der Waals surface area contributed by atoms with Crippen LogP contribution in [0.25, 0.3) is 16.9 Å². The van der Waals surface area contributed by atoms with Crippen molar-refractivity contribution in [2.24, 2.45) is 0 Å². The first-order chi connectivity index (χ1) is 18.4. The third-order valence-electron chi connectivity index (χ3n) is 10.8. The number of nitrogens with one attached hydrogen (secondary N) is 1. The van der Waals surface area contributed by atoms with Crippen LogP contribution in [0, 0.1) is 17.1 Å². The zero-order valence-electron chi connectivity index (χ0n) is 24.6. The molecular formula is C23H29B8FN6O2. The fraction of sp³-hybridized carbons (Fsp3) is 0.304. The summed E-state index contributed by atoms with van der Waals surface area (Å²) < 4.78 is 16.6. The minimum atomic E-state index is -1.10. The second-order valence-electron chi connectivity index (χ2n) is 13.2. The van der Waals surface area contributed by atoms with Crippen molar-refractivity contribution >= 4 is 74.5 Å². The number of rotatable bonds is 3. The van der Waals surface area contributed by atoms with E-state index in [-0.39, 0.29) is 34.5 Å². The molecule has 1 fully saturated rings. The SMILES string of the molecule is BC1(B)N(c2ccn(-c3cc(-c4c(F)cccc4C#N)nc4c3C(=O)NC4)n2)C(B)(B)[C@](C)(O)C(B)(B)C1(B)B. The van der Waals surface area contributed by atoms with Gasteiger partial charge in [-0.15, -0.1) is 0 Å². The summed E-state index contributed by atoms with van der Waals surface area (Å²) >= 11 is 0. The summed E-state index contributed by atoms with van der Waals surface area (Å²) in [6, 6.07) is 9.83. The fourth-order valence-electron chi connectivity index (χ4n) is 6.87. The summed E-state index contributed by atoms with van der Waals surface area (Å²) in [4.78, 5) is 19.6. The van der Waals surface area contributed by atoms with E-state index in [2.05, 4.69) is 62.3 Å². The zero-order chi connectivity index (χ0) is 29.6. The molecule has 17 heteroatoms. The van der Waals surface area contributed by atoms with E-state index in [1.165, 1.54) is 18.2 Å². The third-order valence-corrected chi connectivity index (χ3v) is 10.8. The second kappa shape index (κ2) is 8.62. The molecule has 1 amide bonds. The molecule has 194 valence electrons. The van der Waals surface area contributed by atoms with Gasteiger partial charge >= 0.3 is 0 Å². The fourth-order valence-corrected chi connectivity index (χ4v) is 6.87. The number of aliphatic hydroxyl groups is 1. The molecule has 3 aromatic rings. The molecule has 2 aromatic heterocycles. The van der Waals surface area contributed by atoms with Crippen LogP contribution < -0.4 is 10.2 Å². The van der Waals surface area contributed by atoms with Gasteiger partial charge < -0.3 is 15.3 Å². The van der Waals surface area contributed by atoms with E-state index in [1.54, 1.807) is 16.9 Å². The monoisotopic (exact) mass is 528 g/mol. The predicted molar refractivity (Wildman–Crippen MR) is 175 cm³/mol. The number of nitriles is 1. The molecule has 0 saturated carbocycles. The van der Waals surface area contributed by atoms with Crippen LogP contribution in [0.15, 0.2) is 36.5 Å². The molecule has 2 aliphatic heterocycles. The molecule has 2 N–H and O–H groups in total. The van der Waals surface area contributed by atoms with Gasteiger partial charge in [-0.1, -0.05) is 16.5 Å². The number of pyridine rings is 1. The number of aromatic nitrogens is 3. The van der Waals surface area contributed by atoms with Crippen molar-refractivity contribution in [2.45, 2.75) is 40.2 Å². The first-order valence-corrected chi connectivity index (χ1v) is 13.5. The highest BCUT2D eigenvalue weighted by Gasteiger charge is 2.68. The number of anilines is 1. The Kier molecular flexibility index (Phi) is 6.10. The number of piperidine rings is 1. The Morgan fingerprint density at radius 1 is 1.05 bits per heavy atom. The summed E-state index contributed by atoms with van der Waals surface area (Å²) in [6.45, 7) is 2.08. The van der Waals surface area contributed by atoms with E-state index >= 15 is 0 Å². The van der Waals surface area contributed by atoms with E-state index < -0.39 is 27.3 Å². The Hall–Kier alpha value is -3.25. The standard InChI is InChI=1S/C23H29B8FN6O2/c1-19(40)20(24,25)21(26,27)23(30,31)38(22(19,28)29)15-5-6-37(36-15)14-7-12(35-13-9-34-18(39)17(13)14)16-10(8-33)3-2-4-11(16)32/h2-7,40H,9,24-31H2,1H3,(H,34,39)/t19-/m1/s1. The molecule has 0 spiro atoms. The average molecular weight is 527 g/mol. The van der Waals surface area contributed by atoms with E-state index in [4.69, 9.17) is 5.10 Å². The lowest BCUT2D eigenvalue weighted by atomic mass is 9.12. The summed E-state index contributed by atoms with van der Waals surface area (Å²) in [5, 5.41) is 27.5. The normalized spacial score (nSPS) is 23.6. The summed E-state index contributed by atoms with van der Waals surface area (Å²) in [5.41, 5.74) is 0.644. The second-order valence-corrected chi connectivity index (χ2v) is 13.2. The Balaban J connectivity index is 1.71. The lowest BCUT2D eigenvalue weighted by Gasteiger charge is -2.75. The Morgan fingerprint density at radius 2 is 1.73 bits per heavy atom. The van der Waals surface area contributed by atoms with Gasteiger partial charge in [0, 0.05) is 17.6 Å². The molecule has 1 saturated heterocycles. The summed E-state index contributed by atoms with van der Waals surface area (Å²) in [5.74, 6) is -0.229. The number of fused-ring (bicyclic) bond motifs is 1. The topological polar surface area (TPSA) is 107 Å². The molecule has 0 bridgehead atoms. The minimum absolute atomic E-state index is 0.0825. The molecule has 1 atom stereocenters. The van der Waals surface area contributed by atoms with Crippen LogP contribution in [0.2, 0.25) is 10.4 Å². The van der Waals surface area contributed by atoms with Crippen LogP contribution in [0.1, 0.15) is 28.5 Å². The molecule has 0 radical (unpaired) electrons. The highest BCUT2D eigenvalue weighted by Crippen LogP contribution is 2.64. The van der Waals surface area contributed by atoms with Gasteiger partial charge in [0.2, 0.25) is 0 Å². The summed E-state index contributed by atoms with van der Waals surface area (Å²) in [6.07, 6.45) is 1.76. The van der Waals surface area contributed by atoms with E-state index in [0.29, 0.717) is 22.8 Å². The number of amides is 1. The highest BCUT2D eigenvalue weighted by atomic mass is 19.1. The van der Waals surface area contributed by atoms with Gasteiger partial charge in [0.15, 0.2) is 0 Å². The van der Waals surface area contributed by atoms with Gasteiger partial charge in [-0.25, -0.2) is 14.1 Å². The van der Waals surface area contributed by atoms with Gasteiger partial charge in [0.25, 0.3) is 5.91 Å². The minimum Gasteiger partial charge on any atom is -0.390 e. The van der Waals surface area contributed by atoms with Crippen LogP contribution in [-0.2, 0) is 6.54 Å². The molecule has 5 rings (SSSR count). The first-order valence-electron chi connectivity index (χ1n) is 13.5. The zero-order valence-corrected chi connectivity index (χ0v) is 24.6. The number of hydrogen-bond donors (Lipinski definition) is 2. The molecule has 40 heavy (non-hydrogen) atoms. The lowest BCUT2D eigenvalue weighted by molar-refractivity contribution is -0.00784. The van der Waals surface area contributed by atoms with Crippen LogP contribution in [-0.4, -0.2) is 105 Å². The highest BCUT2D eigenvalue weighted by molar-refractivity contribution is 6.65. The van der Waals surface area contributed by atoms with Gasteiger partial charge in [-0.05, 0) is 30.5 Å². The number of nitrogens with zero attached hydrogens (tertiary/aromatic N) is 5. The predicted octanol–water partition coefficient (Wildman–Crippen LogP) is -5.64. The molecule has 0 aliphatic carbocycles.